The lowest BCUT2D eigenvalue weighted by molar-refractivity contribution is -0.140. The van der Waals surface area contributed by atoms with Crippen molar-refractivity contribution in [3.63, 3.8) is 0 Å². The van der Waals surface area contributed by atoms with Gasteiger partial charge in [0.15, 0.2) is 0 Å². The van der Waals surface area contributed by atoms with E-state index in [1.807, 2.05) is 0 Å². The molecule has 1 saturated carbocycles. The molecule has 1 N–H and O–H groups in total. The molecule has 16 heavy (non-hydrogen) atoms. The molecule has 0 heterocycles. The number of hydrogen-bond donors (Lipinski definition) is 1. The fourth-order valence-corrected chi connectivity index (χ4v) is 2.19. The Morgan fingerprint density at radius 1 is 1.56 bits per heavy atom. The molecule has 86 valence electrons. The highest BCUT2D eigenvalue weighted by molar-refractivity contribution is 9.10. The lowest BCUT2D eigenvalue weighted by Gasteiger charge is -2.13. The molecule has 0 spiro atoms. The number of carbonyl (C=O) groups is 1. The molecule has 1 aromatic carbocycles. The van der Waals surface area contributed by atoms with E-state index in [2.05, 4.69) is 15.9 Å². The van der Waals surface area contributed by atoms with Crippen molar-refractivity contribution >= 4 is 21.9 Å². The molecule has 1 aliphatic carbocycles. The standard InChI is InChI=1S/C11H10BrFO3/c1-16-6-4-7(9(13)8(12)5-6)11(2-3-11)10(14)15/h4-5H,2-3H2,1H3,(H,14,15). The van der Waals surface area contributed by atoms with Crippen molar-refractivity contribution in [3.8, 4) is 5.75 Å². The highest BCUT2D eigenvalue weighted by Gasteiger charge is 2.53. The quantitative estimate of drug-likeness (QED) is 0.930. The van der Waals surface area contributed by atoms with Gasteiger partial charge in [0.05, 0.1) is 17.0 Å². The fraction of sp³-hybridized carbons (Fsp3) is 0.364. The maximum absolute atomic E-state index is 13.8. The van der Waals surface area contributed by atoms with E-state index in [1.54, 1.807) is 0 Å². The van der Waals surface area contributed by atoms with Gasteiger partial charge in [0.2, 0.25) is 0 Å². The summed E-state index contributed by atoms with van der Waals surface area (Å²) in [6.07, 6.45) is 0.942. The average molecular weight is 289 g/mol. The lowest BCUT2D eigenvalue weighted by atomic mass is 9.95. The number of methoxy groups -OCH3 is 1. The van der Waals surface area contributed by atoms with E-state index in [9.17, 15) is 9.18 Å². The van der Waals surface area contributed by atoms with Crippen molar-refractivity contribution in [3.05, 3.63) is 28.0 Å². The molecule has 0 aliphatic heterocycles. The summed E-state index contributed by atoms with van der Waals surface area (Å²) in [7, 11) is 1.46. The Kier molecular flexibility index (Phi) is 2.66. The van der Waals surface area contributed by atoms with Gasteiger partial charge in [-0.25, -0.2) is 4.39 Å². The Labute approximate surface area is 100 Å². The first kappa shape index (κ1) is 11.4. The Balaban J connectivity index is 2.56. The number of hydrogen-bond acceptors (Lipinski definition) is 2. The summed E-state index contributed by atoms with van der Waals surface area (Å²) < 4.78 is 19.1. The second-order valence-corrected chi connectivity index (χ2v) is 4.71. The summed E-state index contributed by atoms with van der Waals surface area (Å²) in [5.41, 5.74) is -0.854. The summed E-state index contributed by atoms with van der Waals surface area (Å²) in [5.74, 6) is -1.04. The van der Waals surface area contributed by atoms with Crippen LogP contribution in [0.2, 0.25) is 0 Å². The largest absolute Gasteiger partial charge is 0.497 e. The number of ether oxygens (including phenoxy) is 1. The minimum Gasteiger partial charge on any atom is -0.497 e. The third-order valence-electron chi connectivity index (χ3n) is 2.91. The van der Waals surface area contributed by atoms with E-state index in [0.717, 1.165) is 0 Å². The smallest absolute Gasteiger partial charge is 0.314 e. The SMILES string of the molecule is COc1cc(Br)c(F)c(C2(C(=O)O)CC2)c1. The average Bonchev–Trinajstić information content (AvgIpc) is 3.02. The molecule has 0 atom stereocenters. The molecule has 0 aromatic heterocycles. The van der Waals surface area contributed by atoms with E-state index >= 15 is 0 Å². The maximum Gasteiger partial charge on any atom is 0.314 e. The highest BCUT2D eigenvalue weighted by atomic mass is 79.9. The molecule has 1 aliphatic rings. The molecular formula is C11H10BrFO3. The molecule has 0 amide bonds. The van der Waals surface area contributed by atoms with Crippen LogP contribution in [0.15, 0.2) is 16.6 Å². The summed E-state index contributed by atoms with van der Waals surface area (Å²) in [4.78, 5) is 11.1. The Bertz CT molecular complexity index is 455. The van der Waals surface area contributed by atoms with E-state index in [4.69, 9.17) is 9.84 Å². The second-order valence-electron chi connectivity index (χ2n) is 3.86. The molecule has 0 bridgehead atoms. The van der Waals surface area contributed by atoms with Crippen LogP contribution in [0.1, 0.15) is 18.4 Å². The van der Waals surface area contributed by atoms with Crippen LogP contribution in [0.25, 0.3) is 0 Å². The first-order valence-corrected chi connectivity index (χ1v) is 5.57. The molecular weight excluding hydrogens is 279 g/mol. The van der Waals surface area contributed by atoms with Crippen LogP contribution in [0.3, 0.4) is 0 Å². The van der Waals surface area contributed by atoms with Crippen LogP contribution < -0.4 is 4.74 Å². The third-order valence-corrected chi connectivity index (χ3v) is 3.49. The predicted octanol–water partition coefficient (Wildman–Crippen LogP) is 2.71. The van der Waals surface area contributed by atoms with Gasteiger partial charge in [0.25, 0.3) is 0 Å². The normalized spacial score (nSPS) is 16.9. The number of halogens is 2. The highest BCUT2D eigenvalue weighted by Crippen LogP contribution is 2.50. The predicted molar refractivity (Wildman–Crippen MR) is 59.2 cm³/mol. The summed E-state index contributed by atoms with van der Waals surface area (Å²) in [6.45, 7) is 0. The first-order chi connectivity index (χ1) is 7.51. The molecule has 0 unspecified atom stereocenters. The van der Waals surface area contributed by atoms with Gasteiger partial charge >= 0.3 is 5.97 Å². The zero-order valence-corrected chi connectivity index (χ0v) is 10.2. The van der Waals surface area contributed by atoms with Crippen molar-refractivity contribution in [1.82, 2.24) is 0 Å². The number of carboxylic acids is 1. The van der Waals surface area contributed by atoms with E-state index in [-0.39, 0.29) is 10.0 Å². The van der Waals surface area contributed by atoms with Crippen LogP contribution in [-0.4, -0.2) is 18.2 Å². The van der Waals surface area contributed by atoms with Gasteiger partial charge < -0.3 is 9.84 Å². The van der Waals surface area contributed by atoms with Crippen molar-refractivity contribution in [2.45, 2.75) is 18.3 Å². The van der Waals surface area contributed by atoms with Crippen molar-refractivity contribution in [2.24, 2.45) is 0 Å². The lowest BCUT2D eigenvalue weighted by Crippen LogP contribution is -2.21. The molecule has 3 nitrogen and oxygen atoms in total. The third kappa shape index (κ3) is 1.59. The van der Waals surface area contributed by atoms with E-state index in [0.29, 0.717) is 18.6 Å². The maximum atomic E-state index is 13.8. The summed E-state index contributed by atoms with van der Waals surface area (Å²) in [6, 6.07) is 2.94. The van der Waals surface area contributed by atoms with Gasteiger partial charge in [-0.15, -0.1) is 0 Å². The zero-order chi connectivity index (χ0) is 11.9. The van der Waals surface area contributed by atoms with Gasteiger partial charge in [0, 0.05) is 5.56 Å². The van der Waals surface area contributed by atoms with Gasteiger partial charge in [-0.05, 0) is 40.9 Å². The summed E-state index contributed by atoms with van der Waals surface area (Å²) >= 11 is 3.06. The Hall–Kier alpha value is -1.10. The molecule has 0 radical (unpaired) electrons. The van der Waals surface area contributed by atoms with Gasteiger partial charge in [0.1, 0.15) is 11.6 Å². The fourth-order valence-electron chi connectivity index (χ4n) is 1.75. The zero-order valence-electron chi connectivity index (χ0n) is 8.59. The monoisotopic (exact) mass is 288 g/mol. The van der Waals surface area contributed by atoms with Crippen LogP contribution in [0, 0.1) is 5.82 Å². The van der Waals surface area contributed by atoms with Crippen molar-refractivity contribution in [2.75, 3.05) is 7.11 Å². The van der Waals surface area contributed by atoms with Gasteiger partial charge in [-0.3, -0.25) is 4.79 Å². The molecule has 0 saturated heterocycles. The molecule has 1 aromatic rings. The van der Waals surface area contributed by atoms with Gasteiger partial charge in [-0.2, -0.15) is 0 Å². The van der Waals surface area contributed by atoms with E-state index < -0.39 is 17.2 Å². The minimum atomic E-state index is -1.05. The molecule has 1 fully saturated rings. The second kappa shape index (κ2) is 3.73. The number of aliphatic carboxylic acids is 1. The molecule has 5 heteroatoms. The van der Waals surface area contributed by atoms with Crippen LogP contribution >= 0.6 is 15.9 Å². The minimum absolute atomic E-state index is 0.200. The van der Waals surface area contributed by atoms with Crippen LogP contribution in [0.4, 0.5) is 4.39 Å². The Morgan fingerprint density at radius 3 is 2.62 bits per heavy atom. The molecule has 2 rings (SSSR count). The summed E-state index contributed by atoms with van der Waals surface area (Å²) in [5, 5.41) is 9.11. The number of benzene rings is 1. The number of rotatable bonds is 3. The Morgan fingerprint density at radius 2 is 2.19 bits per heavy atom. The van der Waals surface area contributed by atoms with Gasteiger partial charge in [-0.1, -0.05) is 0 Å². The van der Waals surface area contributed by atoms with Crippen molar-refractivity contribution in [1.29, 1.82) is 0 Å². The van der Waals surface area contributed by atoms with Crippen molar-refractivity contribution < 1.29 is 19.0 Å². The van der Waals surface area contributed by atoms with Crippen LogP contribution in [0.5, 0.6) is 5.75 Å². The topological polar surface area (TPSA) is 46.5 Å². The first-order valence-electron chi connectivity index (χ1n) is 4.78. The van der Waals surface area contributed by atoms with E-state index in [1.165, 1.54) is 19.2 Å². The number of carboxylic acid groups (broad SMARTS) is 1. The van der Waals surface area contributed by atoms with Crippen LogP contribution in [-0.2, 0) is 10.2 Å².